The molecule has 5 heterocycles. The fourth-order valence-electron chi connectivity index (χ4n) is 4.45. The minimum absolute atomic E-state index is 0.0266. The Bertz CT molecular complexity index is 920. The van der Waals surface area contributed by atoms with E-state index in [4.69, 9.17) is 4.74 Å². The summed E-state index contributed by atoms with van der Waals surface area (Å²) in [5.41, 5.74) is 2.20. The molecular formula is C20H24N6O3. The number of nitrogens with zero attached hydrogens (tertiary/aromatic N) is 3. The number of hydrogen-bond acceptors (Lipinski definition) is 6. The van der Waals surface area contributed by atoms with Crippen LogP contribution in [0.4, 0.5) is 16.3 Å². The van der Waals surface area contributed by atoms with Crippen LogP contribution in [0.3, 0.4) is 0 Å². The monoisotopic (exact) mass is 396 g/mol. The number of aromatic amines is 1. The number of hydrogen-bond donors (Lipinski definition) is 3. The van der Waals surface area contributed by atoms with Gasteiger partial charge in [-0.25, -0.2) is 4.79 Å². The zero-order valence-electron chi connectivity index (χ0n) is 16.1. The summed E-state index contributed by atoms with van der Waals surface area (Å²) in [6.07, 6.45) is 5.20. The molecule has 1 saturated carbocycles. The van der Waals surface area contributed by atoms with E-state index in [1.807, 2.05) is 12.1 Å². The number of anilines is 2. The van der Waals surface area contributed by atoms with Gasteiger partial charge in [-0.3, -0.25) is 14.9 Å². The average molecular weight is 396 g/mol. The molecule has 2 fully saturated rings. The highest BCUT2D eigenvalue weighted by Crippen LogP contribution is 2.36. The fourth-order valence-corrected chi connectivity index (χ4v) is 4.45. The molecule has 6 rings (SSSR count). The van der Waals surface area contributed by atoms with Gasteiger partial charge >= 0.3 is 6.09 Å². The molecule has 1 saturated heterocycles. The van der Waals surface area contributed by atoms with E-state index in [1.54, 1.807) is 17.2 Å². The van der Waals surface area contributed by atoms with Crippen molar-refractivity contribution in [2.45, 2.75) is 50.2 Å². The number of fused-ring (bicyclic) bond motifs is 4. The molecule has 3 N–H and O–H groups in total. The van der Waals surface area contributed by atoms with Crippen LogP contribution in [0.2, 0.25) is 0 Å². The number of rotatable bonds is 0. The maximum Gasteiger partial charge on any atom is 0.407 e. The lowest BCUT2D eigenvalue weighted by atomic mass is 10.0. The fraction of sp³-hybridized carbons (Fsp3) is 0.500. The Kier molecular flexibility index (Phi) is 4.57. The summed E-state index contributed by atoms with van der Waals surface area (Å²) in [5.74, 6) is 0.873. The van der Waals surface area contributed by atoms with E-state index in [9.17, 15) is 9.59 Å². The molecular weight excluding hydrogens is 372 g/mol. The first-order valence-corrected chi connectivity index (χ1v) is 10.2. The van der Waals surface area contributed by atoms with E-state index in [0.29, 0.717) is 37.4 Å². The van der Waals surface area contributed by atoms with Crippen molar-refractivity contribution in [2.75, 3.05) is 18.4 Å². The van der Waals surface area contributed by atoms with Crippen molar-refractivity contribution in [3.8, 4) is 0 Å². The molecule has 2 aromatic heterocycles. The smallest absolute Gasteiger partial charge is 0.407 e. The van der Waals surface area contributed by atoms with Crippen LogP contribution in [0.5, 0.6) is 0 Å². The van der Waals surface area contributed by atoms with Crippen molar-refractivity contribution in [2.24, 2.45) is 0 Å². The Morgan fingerprint density at radius 1 is 1.10 bits per heavy atom. The second-order valence-corrected chi connectivity index (χ2v) is 8.01. The van der Waals surface area contributed by atoms with Crippen molar-refractivity contribution in [1.29, 1.82) is 0 Å². The molecule has 2 aromatic rings. The van der Waals surface area contributed by atoms with Crippen molar-refractivity contribution in [3.63, 3.8) is 0 Å². The van der Waals surface area contributed by atoms with Crippen LogP contribution in [0.25, 0.3) is 0 Å². The number of aromatic nitrogens is 3. The van der Waals surface area contributed by atoms with Gasteiger partial charge in [-0.15, -0.1) is 0 Å². The predicted octanol–water partition coefficient (Wildman–Crippen LogP) is 2.53. The largest absolute Gasteiger partial charge is 0.446 e. The highest BCUT2D eigenvalue weighted by Gasteiger charge is 2.31. The van der Waals surface area contributed by atoms with Crippen molar-refractivity contribution in [1.82, 2.24) is 25.4 Å². The van der Waals surface area contributed by atoms with Crippen molar-refractivity contribution in [3.05, 3.63) is 35.8 Å². The molecule has 0 aromatic carbocycles. The van der Waals surface area contributed by atoms with Crippen LogP contribution >= 0.6 is 0 Å². The Hall–Kier alpha value is -3.10. The van der Waals surface area contributed by atoms with Crippen LogP contribution in [-0.2, 0) is 4.74 Å². The number of carbonyl (C=O) groups is 2. The summed E-state index contributed by atoms with van der Waals surface area (Å²) in [5, 5.41) is 13.7. The quantitative estimate of drug-likeness (QED) is 0.631. The molecule has 4 aliphatic rings. The summed E-state index contributed by atoms with van der Waals surface area (Å²) in [6.45, 7) is 1.16. The number of nitrogens with one attached hydrogen (secondary N) is 3. The summed E-state index contributed by atoms with van der Waals surface area (Å²) >= 11 is 0. The Morgan fingerprint density at radius 2 is 1.97 bits per heavy atom. The SMILES string of the molecule is O=C1NC2CCN(CC2)C(=O)c2cc(ccn2)Nc2cc([nH]n2)[C@H]2CC[C@H](C2)O1. The molecule has 0 unspecified atom stereocenters. The molecule has 9 nitrogen and oxygen atoms in total. The van der Waals surface area contributed by atoms with Crippen molar-refractivity contribution < 1.29 is 14.3 Å². The average Bonchev–Trinajstić information content (AvgIpc) is 3.37. The number of pyridine rings is 1. The number of H-pyrrole nitrogens is 1. The summed E-state index contributed by atoms with van der Waals surface area (Å²) in [4.78, 5) is 31.2. The Labute approximate surface area is 168 Å². The predicted molar refractivity (Wildman–Crippen MR) is 105 cm³/mol. The topological polar surface area (TPSA) is 112 Å². The molecule has 29 heavy (non-hydrogen) atoms. The normalized spacial score (nSPS) is 26.9. The zero-order valence-corrected chi connectivity index (χ0v) is 16.1. The summed E-state index contributed by atoms with van der Waals surface area (Å²) in [6, 6.07) is 5.58. The Morgan fingerprint density at radius 3 is 2.83 bits per heavy atom. The lowest BCUT2D eigenvalue weighted by Gasteiger charge is -2.32. The van der Waals surface area contributed by atoms with Gasteiger partial charge in [0.15, 0.2) is 5.82 Å². The van der Waals surface area contributed by atoms with E-state index in [0.717, 1.165) is 30.6 Å². The third-order valence-electron chi connectivity index (χ3n) is 6.05. The van der Waals surface area contributed by atoms with Crippen LogP contribution in [-0.4, -0.2) is 57.3 Å². The van der Waals surface area contributed by atoms with E-state index in [-0.39, 0.29) is 30.1 Å². The van der Waals surface area contributed by atoms with Crippen LogP contribution in [0.1, 0.15) is 54.2 Å². The van der Waals surface area contributed by atoms with Crippen LogP contribution in [0, 0.1) is 0 Å². The molecule has 2 amide bonds. The first-order chi connectivity index (χ1) is 14.1. The van der Waals surface area contributed by atoms with Crippen molar-refractivity contribution >= 4 is 23.5 Å². The zero-order chi connectivity index (χ0) is 19.8. The van der Waals surface area contributed by atoms with Gasteiger partial charge in [0.05, 0.1) is 0 Å². The number of alkyl carbamates (subject to hydrolysis) is 1. The second-order valence-electron chi connectivity index (χ2n) is 8.01. The molecule has 1 aliphatic carbocycles. The highest BCUT2D eigenvalue weighted by atomic mass is 16.6. The molecule has 9 heteroatoms. The lowest BCUT2D eigenvalue weighted by molar-refractivity contribution is 0.0683. The number of amides is 2. The first kappa shape index (κ1) is 18.0. The van der Waals surface area contributed by atoms with Gasteiger partial charge in [0.25, 0.3) is 5.91 Å². The minimum atomic E-state index is -0.358. The molecule has 152 valence electrons. The highest BCUT2D eigenvalue weighted by molar-refractivity contribution is 5.93. The number of ether oxygens (including phenoxy) is 1. The lowest BCUT2D eigenvalue weighted by Crippen LogP contribution is -2.47. The van der Waals surface area contributed by atoms with E-state index in [2.05, 4.69) is 25.8 Å². The van der Waals surface area contributed by atoms with E-state index in [1.165, 1.54) is 0 Å². The Balaban J connectivity index is 1.43. The molecule has 0 spiro atoms. The maximum atomic E-state index is 12.8. The summed E-state index contributed by atoms with van der Waals surface area (Å²) in [7, 11) is 0. The minimum Gasteiger partial charge on any atom is -0.446 e. The van der Waals surface area contributed by atoms with E-state index >= 15 is 0 Å². The molecule has 3 aliphatic heterocycles. The van der Waals surface area contributed by atoms with Crippen LogP contribution in [0.15, 0.2) is 24.4 Å². The van der Waals surface area contributed by atoms with Gasteiger partial charge in [-0.05, 0) is 44.2 Å². The van der Waals surface area contributed by atoms with Gasteiger partial charge in [-0.2, -0.15) is 5.10 Å². The standard InChI is InChI=1S/C20H24N6O3/c27-19-17-10-14(3-6-21-17)22-18-11-16(24-25-18)12-1-2-15(9-12)29-20(28)23-13-4-7-26(19)8-5-13/h3,6,10-13,15H,1-2,4-5,7-9H2,(H,23,28)(H2,22,24,25)/t12-,15+/m0/s1. The second kappa shape index (κ2) is 7.38. The van der Waals surface area contributed by atoms with E-state index < -0.39 is 0 Å². The first-order valence-electron chi connectivity index (χ1n) is 10.2. The van der Waals surface area contributed by atoms with Gasteiger partial charge in [0, 0.05) is 48.7 Å². The molecule has 2 atom stereocenters. The third-order valence-corrected chi connectivity index (χ3v) is 6.05. The van der Waals surface area contributed by atoms with Crippen LogP contribution < -0.4 is 10.6 Å². The number of piperidine rings is 1. The molecule has 8 bridgehead atoms. The third kappa shape index (κ3) is 3.76. The summed E-state index contributed by atoms with van der Waals surface area (Å²) < 4.78 is 5.65. The van der Waals surface area contributed by atoms with Gasteiger partial charge in [-0.1, -0.05) is 0 Å². The maximum absolute atomic E-state index is 12.8. The number of carbonyl (C=O) groups excluding carboxylic acids is 2. The molecule has 0 radical (unpaired) electrons. The van der Waals surface area contributed by atoms with Gasteiger partial charge < -0.3 is 20.3 Å². The van der Waals surface area contributed by atoms with Gasteiger partial charge in [0.1, 0.15) is 11.8 Å². The van der Waals surface area contributed by atoms with Gasteiger partial charge in [0.2, 0.25) is 0 Å².